The summed E-state index contributed by atoms with van der Waals surface area (Å²) in [6, 6.07) is 7.64. The normalized spacial score (nSPS) is 12.0. The van der Waals surface area contributed by atoms with Crippen LogP contribution in [0.1, 0.15) is 9.67 Å². The van der Waals surface area contributed by atoms with Crippen molar-refractivity contribution >= 4 is 39.7 Å². The molecule has 2 amide bonds. The molecule has 4 N–H and O–H groups in total. The Morgan fingerprint density at radius 2 is 2.22 bits per heavy atom. The van der Waals surface area contributed by atoms with Gasteiger partial charge in [0.2, 0.25) is 5.91 Å². The van der Waals surface area contributed by atoms with Gasteiger partial charge in [-0.2, -0.15) is 5.10 Å². The Bertz CT molecular complexity index is 828. The van der Waals surface area contributed by atoms with Crippen LogP contribution in [0.3, 0.4) is 0 Å². The molecule has 0 aliphatic rings. The van der Waals surface area contributed by atoms with E-state index in [1.807, 2.05) is 6.07 Å². The van der Waals surface area contributed by atoms with Crippen LogP contribution in [-0.4, -0.2) is 39.8 Å². The third-order valence-electron chi connectivity index (χ3n) is 3.26. The molecule has 0 aliphatic heterocycles. The highest BCUT2D eigenvalue weighted by molar-refractivity contribution is 7.12. The molecule has 2 heterocycles. The molecule has 8 heteroatoms. The third kappa shape index (κ3) is 3.38. The fourth-order valence-electron chi connectivity index (χ4n) is 2.08. The largest absolute Gasteiger partial charge is 0.394 e. The van der Waals surface area contributed by atoms with Gasteiger partial charge in [-0.15, -0.1) is 11.3 Å². The van der Waals surface area contributed by atoms with E-state index in [0.717, 1.165) is 10.9 Å². The molecular formula is C15H14N4O3S. The highest BCUT2D eigenvalue weighted by Crippen LogP contribution is 2.16. The van der Waals surface area contributed by atoms with Crippen LogP contribution in [0, 0.1) is 0 Å². The summed E-state index contributed by atoms with van der Waals surface area (Å²) in [5.41, 5.74) is 1.33. The number of aliphatic hydroxyl groups excluding tert-OH is 1. The predicted octanol–water partition coefficient (Wildman–Crippen LogP) is 1.35. The van der Waals surface area contributed by atoms with Gasteiger partial charge in [0.1, 0.15) is 6.04 Å². The van der Waals surface area contributed by atoms with Crippen LogP contribution in [0.25, 0.3) is 10.9 Å². The summed E-state index contributed by atoms with van der Waals surface area (Å²) in [5, 5.41) is 24.0. The minimum absolute atomic E-state index is 0.391. The van der Waals surface area contributed by atoms with E-state index >= 15 is 0 Å². The molecule has 0 fully saturated rings. The van der Waals surface area contributed by atoms with Gasteiger partial charge in [0, 0.05) is 11.1 Å². The summed E-state index contributed by atoms with van der Waals surface area (Å²) in [5.74, 6) is -0.880. The van der Waals surface area contributed by atoms with E-state index in [9.17, 15) is 14.7 Å². The summed E-state index contributed by atoms with van der Waals surface area (Å²) in [6.45, 7) is -0.491. The molecule has 7 nitrogen and oxygen atoms in total. The van der Waals surface area contributed by atoms with Gasteiger partial charge in [-0.3, -0.25) is 14.7 Å². The third-order valence-corrected chi connectivity index (χ3v) is 4.13. The minimum Gasteiger partial charge on any atom is -0.394 e. The quantitative estimate of drug-likeness (QED) is 0.566. The highest BCUT2D eigenvalue weighted by atomic mass is 32.1. The van der Waals surface area contributed by atoms with Crippen molar-refractivity contribution in [3.05, 3.63) is 46.8 Å². The summed E-state index contributed by atoms with van der Waals surface area (Å²) in [6.07, 6.45) is 1.68. The Kier molecular flexibility index (Phi) is 4.35. The second-order valence-corrected chi connectivity index (χ2v) is 5.79. The Morgan fingerprint density at radius 3 is 2.96 bits per heavy atom. The van der Waals surface area contributed by atoms with E-state index in [1.165, 1.54) is 11.3 Å². The maximum atomic E-state index is 12.2. The molecule has 3 aromatic rings. The zero-order chi connectivity index (χ0) is 16.2. The van der Waals surface area contributed by atoms with Crippen molar-refractivity contribution in [1.29, 1.82) is 0 Å². The molecule has 118 valence electrons. The van der Waals surface area contributed by atoms with Crippen molar-refractivity contribution < 1.29 is 14.7 Å². The van der Waals surface area contributed by atoms with Crippen molar-refractivity contribution in [3.8, 4) is 0 Å². The first-order chi connectivity index (χ1) is 11.2. The van der Waals surface area contributed by atoms with Crippen molar-refractivity contribution in [1.82, 2.24) is 15.5 Å². The molecule has 0 saturated carbocycles. The van der Waals surface area contributed by atoms with Gasteiger partial charge in [-0.05, 0) is 29.6 Å². The fourth-order valence-corrected chi connectivity index (χ4v) is 2.70. The maximum absolute atomic E-state index is 12.2. The standard InChI is InChI=1S/C15H14N4O3S/c20-8-12(18-15(22)13-2-1-5-23-13)14(21)17-10-4-3-9-7-16-19-11(9)6-10/h1-7,12,20H,8H2,(H,16,19)(H,17,21)(H,18,22). The lowest BCUT2D eigenvalue weighted by atomic mass is 10.2. The van der Waals surface area contributed by atoms with E-state index < -0.39 is 24.5 Å². The average molecular weight is 330 g/mol. The topological polar surface area (TPSA) is 107 Å². The van der Waals surface area contributed by atoms with Crippen LogP contribution < -0.4 is 10.6 Å². The molecule has 1 aromatic carbocycles. The van der Waals surface area contributed by atoms with Gasteiger partial charge in [0.15, 0.2) is 0 Å². The first kappa shape index (κ1) is 15.2. The molecule has 1 unspecified atom stereocenters. The number of hydrogen-bond donors (Lipinski definition) is 4. The first-order valence-corrected chi connectivity index (χ1v) is 7.74. The number of carbonyl (C=O) groups excluding carboxylic acids is 2. The molecule has 0 bridgehead atoms. The van der Waals surface area contributed by atoms with Crippen LogP contribution in [0.5, 0.6) is 0 Å². The number of nitrogens with one attached hydrogen (secondary N) is 3. The van der Waals surface area contributed by atoms with Crippen molar-refractivity contribution in [3.63, 3.8) is 0 Å². The van der Waals surface area contributed by atoms with Crippen LogP contribution in [0.4, 0.5) is 5.69 Å². The van der Waals surface area contributed by atoms with E-state index in [1.54, 1.807) is 35.8 Å². The van der Waals surface area contributed by atoms with E-state index in [4.69, 9.17) is 0 Å². The van der Waals surface area contributed by atoms with E-state index in [-0.39, 0.29) is 0 Å². The SMILES string of the molecule is O=C(NC(CO)C(=O)Nc1ccc2cn[nH]c2c1)c1cccs1. The minimum atomic E-state index is -1.03. The molecule has 23 heavy (non-hydrogen) atoms. The monoisotopic (exact) mass is 330 g/mol. The summed E-state index contributed by atoms with van der Waals surface area (Å²) in [4.78, 5) is 24.7. The predicted molar refractivity (Wildman–Crippen MR) is 87.4 cm³/mol. The van der Waals surface area contributed by atoms with Crippen LogP contribution in [-0.2, 0) is 4.79 Å². The van der Waals surface area contributed by atoms with Crippen LogP contribution >= 0.6 is 11.3 Å². The molecule has 1 atom stereocenters. The number of H-pyrrole nitrogens is 1. The second kappa shape index (κ2) is 6.59. The summed E-state index contributed by atoms with van der Waals surface area (Å²) >= 11 is 1.27. The van der Waals surface area contributed by atoms with Crippen molar-refractivity contribution in [2.75, 3.05) is 11.9 Å². The number of anilines is 1. The van der Waals surface area contributed by atoms with Gasteiger partial charge >= 0.3 is 0 Å². The summed E-state index contributed by atoms with van der Waals surface area (Å²) in [7, 11) is 0. The molecule has 0 saturated heterocycles. The van der Waals surface area contributed by atoms with E-state index in [2.05, 4.69) is 20.8 Å². The number of thiophene rings is 1. The number of nitrogens with zero attached hydrogens (tertiary/aromatic N) is 1. The number of aliphatic hydroxyl groups is 1. The van der Waals surface area contributed by atoms with Gasteiger partial charge in [0.25, 0.3) is 5.91 Å². The number of rotatable bonds is 5. The Hall–Kier alpha value is -2.71. The van der Waals surface area contributed by atoms with Gasteiger partial charge in [-0.25, -0.2) is 0 Å². The van der Waals surface area contributed by atoms with Gasteiger partial charge < -0.3 is 15.7 Å². The van der Waals surface area contributed by atoms with Crippen molar-refractivity contribution in [2.45, 2.75) is 6.04 Å². The molecular weight excluding hydrogens is 316 g/mol. The molecule has 0 radical (unpaired) electrons. The number of benzene rings is 1. The fraction of sp³-hybridized carbons (Fsp3) is 0.133. The zero-order valence-corrected chi connectivity index (χ0v) is 12.8. The van der Waals surface area contributed by atoms with Crippen LogP contribution in [0.15, 0.2) is 41.9 Å². The number of fused-ring (bicyclic) bond motifs is 1. The molecule has 3 rings (SSSR count). The Labute approximate surface area is 135 Å². The van der Waals surface area contributed by atoms with Gasteiger partial charge in [0.05, 0.1) is 23.2 Å². The maximum Gasteiger partial charge on any atom is 0.262 e. The van der Waals surface area contributed by atoms with Crippen LogP contribution in [0.2, 0.25) is 0 Å². The lowest BCUT2D eigenvalue weighted by Crippen LogP contribution is -2.46. The summed E-state index contributed by atoms with van der Waals surface area (Å²) < 4.78 is 0. The Morgan fingerprint density at radius 1 is 1.35 bits per heavy atom. The smallest absolute Gasteiger partial charge is 0.262 e. The number of amides is 2. The number of aromatic amines is 1. The first-order valence-electron chi connectivity index (χ1n) is 6.86. The molecule has 0 spiro atoms. The molecule has 0 aliphatic carbocycles. The lowest BCUT2D eigenvalue weighted by Gasteiger charge is -2.15. The van der Waals surface area contributed by atoms with Gasteiger partial charge in [-0.1, -0.05) is 6.07 Å². The molecule has 2 aromatic heterocycles. The second-order valence-electron chi connectivity index (χ2n) is 4.85. The number of aromatic nitrogens is 2. The zero-order valence-electron chi connectivity index (χ0n) is 11.9. The average Bonchev–Trinajstić information content (AvgIpc) is 3.22. The van der Waals surface area contributed by atoms with Crippen molar-refractivity contribution in [2.24, 2.45) is 0 Å². The van der Waals surface area contributed by atoms with E-state index in [0.29, 0.717) is 10.6 Å². The lowest BCUT2D eigenvalue weighted by molar-refractivity contribution is -0.118. The highest BCUT2D eigenvalue weighted by Gasteiger charge is 2.21. The Balaban J connectivity index is 1.68. The number of carbonyl (C=O) groups is 2. The number of hydrogen-bond acceptors (Lipinski definition) is 5.